The molecule has 1 unspecified atom stereocenters. The second-order valence-electron chi connectivity index (χ2n) is 10.1. The van der Waals surface area contributed by atoms with Crippen LogP contribution in [0.3, 0.4) is 0 Å². The summed E-state index contributed by atoms with van der Waals surface area (Å²) in [5.41, 5.74) is 3.05. The van der Waals surface area contributed by atoms with Crippen molar-refractivity contribution in [3.8, 4) is 17.5 Å². The SMILES string of the molecule is N#Cc1cc(F)cc(-n2cc(CN3CC[C@H](Oc4ccc5c(c4)CN(C4CCC(=O)NC4=O)C5=O)C3)cn2)c1. The zero-order chi connectivity index (χ0) is 27.1. The van der Waals surface area contributed by atoms with Gasteiger partial charge in [0.1, 0.15) is 23.7 Å². The lowest BCUT2D eigenvalue weighted by molar-refractivity contribution is -0.136. The number of carbonyl (C=O) groups is 3. The summed E-state index contributed by atoms with van der Waals surface area (Å²) in [6.07, 6.45) is 4.92. The van der Waals surface area contributed by atoms with E-state index in [2.05, 4.69) is 15.3 Å². The monoisotopic (exact) mass is 528 g/mol. The third-order valence-corrected chi connectivity index (χ3v) is 7.35. The molecule has 3 aromatic rings. The van der Waals surface area contributed by atoms with E-state index >= 15 is 0 Å². The topological polar surface area (TPSA) is 121 Å². The summed E-state index contributed by atoms with van der Waals surface area (Å²) >= 11 is 0. The fourth-order valence-electron chi connectivity index (χ4n) is 5.47. The van der Waals surface area contributed by atoms with Crippen LogP contribution >= 0.6 is 0 Å². The molecule has 3 aliphatic heterocycles. The largest absolute Gasteiger partial charge is 0.489 e. The smallest absolute Gasteiger partial charge is 0.255 e. The van der Waals surface area contributed by atoms with Crippen molar-refractivity contribution in [3.05, 3.63) is 76.9 Å². The van der Waals surface area contributed by atoms with Gasteiger partial charge in [-0.3, -0.25) is 24.6 Å². The molecule has 10 nitrogen and oxygen atoms in total. The molecule has 1 aromatic heterocycles. The number of carbonyl (C=O) groups excluding carboxylic acids is 3. The lowest BCUT2D eigenvalue weighted by atomic mass is 10.0. The maximum Gasteiger partial charge on any atom is 0.255 e. The number of likely N-dealkylation sites (tertiary alicyclic amines) is 1. The number of nitrogens with one attached hydrogen (secondary N) is 1. The molecule has 0 radical (unpaired) electrons. The Bertz CT molecular complexity index is 1530. The highest BCUT2D eigenvalue weighted by Gasteiger charge is 2.39. The van der Waals surface area contributed by atoms with Gasteiger partial charge in [-0.05, 0) is 54.8 Å². The molecule has 2 saturated heterocycles. The van der Waals surface area contributed by atoms with Crippen LogP contribution in [-0.2, 0) is 22.7 Å². The second-order valence-corrected chi connectivity index (χ2v) is 10.1. The van der Waals surface area contributed by atoms with E-state index in [9.17, 15) is 18.8 Å². The van der Waals surface area contributed by atoms with E-state index in [0.717, 1.165) is 24.1 Å². The number of amides is 3. The summed E-state index contributed by atoms with van der Waals surface area (Å²) in [6.45, 7) is 2.50. The van der Waals surface area contributed by atoms with Crippen LogP contribution in [0.15, 0.2) is 48.8 Å². The van der Waals surface area contributed by atoms with Crippen molar-refractivity contribution in [2.75, 3.05) is 13.1 Å². The molecular weight excluding hydrogens is 503 g/mol. The van der Waals surface area contributed by atoms with Crippen LogP contribution in [0.2, 0.25) is 0 Å². The Morgan fingerprint density at radius 1 is 1.15 bits per heavy atom. The number of ether oxygens (including phenoxy) is 1. The van der Waals surface area contributed by atoms with Gasteiger partial charge in [0.2, 0.25) is 11.8 Å². The van der Waals surface area contributed by atoms with Gasteiger partial charge in [0.25, 0.3) is 5.91 Å². The van der Waals surface area contributed by atoms with E-state index < -0.39 is 17.8 Å². The Balaban J connectivity index is 1.06. The molecule has 11 heteroatoms. The number of piperidine rings is 1. The van der Waals surface area contributed by atoms with Gasteiger partial charge < -0.3 is 9.64 Å². The van der Waals surface area contributed by atoms with Crippen LogP contribution in [0, 0.1) is 17.1 Å². The molecule has 0 bridgehead atoms. The van der Waals surface area contributed by atoms with Crippen LogP contribution in [0.25, 0.3) is 5.69 Å². The molecule has 3 amide bonds. The Kier molecular flexibility index (Phi) is 6.32. The lowest BCUT2D eigenvalue weighted by Crippen LogP contribution is -2.52. The van der Waals surface area contributed by atoms with Gasteiger partial charge in [-0.1, -0.05) is 0 Å². The third-order valence-electron chi connectivity index (χ3n) is 7.35. The van der Waals surface area contributed by atoms with Crippen molar-refractivity contribution in [3.63, 3.8) is 0 Å². The predicted octanol–water partition coefficient (Wildman–Crippen LogP) is 2.30. The van der Waals surface area contributed by atoms with E-state index in [-0.39, 0.29) is 29.9 Å². The van der Waals surface area contributed by atoms with Gasteiger partial charge in [0, 0.05) is 49.9 Å². The van der Waals surface area contributed by atoms with Gasteiger partial charge in [-0.2, -0.15) is 10.4 Å². The summed E-state index contributed by atoms with van der Waals surface area (Å²) in [5.74, 6) is -0.758. The quantitative estimate of drug-likeness (QED) is 0.488. The highest BCUT2D eigenvalue weighted by atomic mass is 19.1. The fraction of sp³-hybridized carbons (Fsp3) is 0.321. The summed E-state index contributed by atoms with van der Waals surface area (Å²) in [5, 5.41) is 15.7. The summed E-state index contributed by atoms with van der Waals surface area (Å²) in [4.78, 5) is 40.4. The molecule has 39 heavy (non-hydrogen) atoms. The van der Waals surface area contributed by atoms with Crippen LogP contribution in [-0.4, -0.2) is 62.5 Å². The summed E-state index contributed by atoms with van der Waals surface area (Å²) in [6, 6.07) is 10.8. The number of halogens is 1. The number of rotatable bonds is 6. The molecule has 0 saturated carbocycles. The van der Waals surface area contributed by atoms with Gasteiger partial charge in [-0.15, -0.1) is 0 Å². The summed E-state index contributed by atoms with van der Waals surface area (Å²) in [7, 11) is 0. The van der Waals surface area contributed by atoms with E-state index in [4.69, 9.17) is 10.00 Å². The molecule has 198 valence electrons. The number of nitrogens with zero attached hydrogens (tertiary/aromatic N) is 5. The zero-order valence-corrected chi connectivity index (χ0v) is 21.0. The first-order valence-corrected chi connectivity index (χ1v) is 12.8. The number of imide groups is 1. The van der Waals surface area contributed by atoms with Crippen LogP contribution in [0.1, 0.15) is 46.3 Å². The summed E-state index contributed by atoms with van der Waals surface area (Å²) < 4.78 is 21.6. The number of fused-ring (bicyclic) bond motifs is 1. The minimum atomic E-state index is -0.644. The molecule has 2 fully saturated rings. The first-order chi connectivity index (χ1) is 18.9. The van der Waals surface area contributed by atoms with E-state index in [0.29, 0.717) is 43.1 Å². The Morgan fingerprint density at radius 2 is 2.03 bits per heavy atom. The highest BCUT2D eigenvalue weighted by Crippen LogP contribution is 2.31. The molecular formula is C28H25FN6O4. The van der Waals surface area contributed by atoms with Gasteiger partial charge >= 0.3 is 0 Å². The van der Waals surface area contributed by atoms with Gasteiger partial charge in [-0.25, -0.2) is 9.07 Å². The molecule has 6 rings (SSSR count). The molecule has 2 atom stereocenters. The number of hydrogen-bond acceptors (Lipinski definition) is 7. The Hall–Kier alpha value is -4.56. The Labute approximate surface area is 223 Å². The third kappa shape index (κ3) is 4.98. The lowest BCUT2D eigenvalue weighted by Gasteiger charge is -2.29. The number of benzene rings is 2. The molecule has 0 spiro atoms. The van der Waals surface area contributed by atoms with Crippen LogP contribution < -0.4 is 10.1 Å². The van der Waals surface area contributed by atoms with Crippen molar-refractivity contribution >= 4 is 17.7 Å². The molecule has 3 aliphatic rings. The zero-order valence-electron chi connectivity index (χ0n) is 21.0. The van der Waals surface area contributed by atoms with Gasteiger partial charge in [0.15, 0.2) is 0 Å². The maximum absolute atomic E-state index is 13.8. The minimum Gasteiger partial charge on any atom is -0.489 e. The molecule has 0 aliphatic carbocycles. The van der Waals surface area contributed by atoms with Crippen molar-refractivity contribution in [2.24, 2.45) is 0 Å². The average molecular weight is 529 g/mol. The standard InChI is InChI=1S/C28H25FN6O4/c29-20-7-17(11-30)8-21(10-20)35-14-18(12-31-35)13-33-6-5-23(16-33)39-22-1-2-24-19(9-22)15-34(28(24)38)25-3-4-26(36)32-27(25)37/h1-2,7-10,12,14,23,25H,3-6,13,15-16H2,(H,32,36,37)/t23-,25?/m0/s1. The van der Waals surface area contributed by atoms with Crippen molar-refractivity contribution in [2.45, 2.75) is 44.5 Å². The Morgan fingerprint density at radius 3 is 2.85 bits per heavy atom. The van der Waals surface area contributed by atoms with Crippen molar-refractivity contribution in [1.29, 1.82) is 5.26 Å². The maximum atomic E-state index is 13.8. The molecule has 4 heterocycles. The molecule has 1 N–H and O–H groups in total. The number of aromatic nitrogens is 2. The van der Waals surface area contributed by atoms with Crippen molar-refractivity contribution in [1.82, 2.24) is 24.9 Å². The minimum absolute atomic E-state index is 0.0251. The number of nitriles is 1. The predicted molar refractivity (Wildman–Crippen MR) is 135 cm³/mol. The molecule has 2 aromatic carbocycles. The fourth-order valence-corrected chi connectivity index (χ4v) is 5.47. The average Bonchev–Trinajstić information content (AvgIpc) is 3.64. The first-order valence-electron chi connectivity index (χ1n) is 12.8. The normalized spacial score (nSPS) is 21.1. The van der Waals surface area contributed by atoms with Crippen LogP contribution in [0.5, 0.6) is 5.75 Å². The van der Waals surface area contributed by atoms with E-state index in [1.54, 1.807) is 29.1 Å². The van der Waals surface area contributed by atoms with Crippen molar-refractivity contribution < 1.29 is 23.5 Å². The second kappa shape index (κ2) is 9.96. The van der Waals surface area contributed by atoms with E-state index in [1.165, 1.54) is 17.0 Å². The van der Waals surface area contributed by atoms with Gasteiger partial charge in [0.05, 0.1) is 23.5 Å². The number of hydrogen-bond donors (Lipinski definition) is 1. The van der Waals surface area contributed by atoms with E-state index in [1.807, 2.05) is 18.3 Å². The van der Waals surface area contributed by atoms with Crippen LogP contribution in [0.4, 0.5) is 4.39 Å². The first kappa shape index (κ1) is 24.8. The highest BCUT2D eigenvalue weighted by molar-refractivity contribution is 6.05.